The molecule has 0 amide bonds. The molecule has 1 aromatic rings. The Bertz CT molecular complexity index is 346. The molecule has 0 aromatic heterocycles. The molecule has 0 aliphatic carbocycles. The molecule has 0 radical (unpaired) electrons. The highest BCUT2D eigenvalue weighted by Crippen LogP contribution is 2.21. The number of hydrogen-bond acceptors (Lipinski definition) is 3. The molecular weight excluding hydrogens is 188 g/mol. The van der Waals surface area contributed by atoms with Crippen molar-refractivity contribution in [3.8, 4) is 0 Å². The van der Waals surface area contributed by atoms with Gasteiger partial charge in [0.15, 0.2) is 6.73 Å². The first-order valence-corrected chi connectivity index (χ1v) is 5.04. The number of hydrogen-bond donors (Lipinski definition) is 0. The molecule has 15 heavy (non-hydrogen) atoms. The standard InChI is InChI=1S/C12H16N2O/c1-13(2)9-14-8-12(15-10-14)11-6-4-3-5-7-11/h3-8H,9-10H2,1-2H3. The summed E-state index contributed by atoms with van der Waals surface area (Å²) in [7, 11) is 4.10. The van der Waals surface area contributed by atoms with Gasteiger partial charge in [0.25, 0.3) is 0 Å². The smallest absolute Gasteiger partial charge is 0.162 e. The third-order valence-electron chi connectivity index (χ3n) is 2.21. The van der Waals surface area contributed by atoms with Crippen LogP contribution in [0.4, 0.5) is 0 Å². The van der Waals surface area contributed by atoms with E-state index < -0.39 is 0 Å². The first-order chi connectivity index (χ1) is 7.25. The summed E-state index contributed by atoms with van der Waals surface area (Å²) in [5, 5.41) is 0. The zero-order chi connectivity index (χ0) is 10.7. The van der Waals surface area contributed by atoms with Crippen molar-refractivity contribution < 1.29 is 4.74 Å². The van der Waals surface area contributed by atoms with E-state index >= 15 is 0 Å². The average Bonchev–Trinajstić information content (AvgIpc) is 2.67. The summed E-state index contributed by atoms with van der Waals surface area (Å²) in [6.45, 7) is 1.53. The molecule has 1 aliphatic heterocycles. The summed E-state index contributed by atoms with van der Waals surface area (Å²) in [5.74, 6) is 0.956. The third-order valence-corrected chi connectivity index (χ3v) is 2.21. The zero-order valence-electron chi connectivity index (χ0n) is 9.18. The van der Waals surface area contributed by atoms with Gasteiger partial charge < -0.3 is 9.64 Å². The molecule has 1 heterocycles. The fourth-order valence-electron chi connectivity index (χ4n) is 1.60. The summed E-state index contributed by atoms with van der Waals surface area (Å²) >= 11 is 0. The van der Waals surface area contributed by atoms with Crippen LogP contribution in [0.3, 0.4) is 0 Å². The number of benzene rings is 1. The van der Waals surface area contributed by atoms with Gasteiger partial charge in [-0.2, -0.15) is 0 Å². The molecule has 0 N–H and O–H groups in total. The second kappa shape index (κ2) is 4.36. The maximum Gasteiger partial charge on any atom is 0.162 e. The lowest BCUT2D eigenvalue weighted by molar-refractivity contribution is 0.139. The fraction of sp³-hybridized carbons (Fsp3) is 0.333. The molecule has 0 saturated carbocycles. The average molecular weight is 204 g/mol. The molecule has 3 heteroatoms. The van der Waals surface area contributed by atoms with E-state index in [1.165, 1.54) is 0 Å². The van der Waals surface area contributed by atoms with Crippen molar-refractivity contribution >= 4 is 5.76 Å². The van der Waals surface area contributed by atoms with Crippen LogP contribution in [-0.2, 0) is 4.74 Å². The molecule has 1 aromatic carbocycles. The van der Waals surface area contributed by atoms with Crippen LogP contribution in [-0.4, -0.2) is 37.3 Å². The van der Waals surface area contributed by atoms with Gasteiger partial charge in [-0.15, -0.1) is 0 Å². The Labute approximate surface area is 90.6 Å². The molecule has 80 valence electrons. The second-order valence-electron chi connectivity index (χ2n) is 3.94. The van der Waals surface area contributed by atoms with E-state index in [2.05, 4.69) is 28.1 Å². The molecular formula is C12H16N2O. The lowest BCUT2D eigenvalue weighted by atomic mass is 10.2. The molecule has 0 spiro atoms. The fourth-order valence-corrected chi connectivity index (χ4v) is 1.60. The van der Waals surface area contributed by atoms with Crippen LogP contribution < -0.4 is 0 Å². The van der Waals surface area contributed by atoms with Crippen LogP contribution in [0.5, 0.6) is 0 Å². The van der Waals surface area contributed by atoms with Crippen molar-refractivity contribution in [2.45, 2.75) is 0 Å². The maximum atomic E-state index is 5.61. The Morgan fingerprint density at radius 3 is 2.67 bits per heavy atom. The number of rotatable bonds is 3. The van der Waals surface area contributed by atoms with Crippen LogP contribution in [0.2, 0.25) is 0 Å². The van der Waals surface area contributed by atoms with E-state index in [9.17, 15) is 0 Å². The maximum absolute atomic E-state index is 5.61. The Hall–Kier alpha value is -1.48. The lowest BCUT2D eigenvalue weighted by Gasteiger charge is -2.18. The first-order valence-electron chi connectivity index (χ1n) is 5.04. The van der Waals surface area contributed by atoms with Gasteiger partial charge in [-0.3, -0.25) is 4.90 Å². The summed E-state index contributed by atoms with van der Waals surface area (Å²) in [6.07, 6.45) is 2.06. The molecule has 0 fully saturated rings. The van der Waals surface area contributed by atoms with Gasteiger partial charge >= 0.3 is 0 Å². The monoisotopic (exact) mass is 204 g/mol. The SMILES string of the molecule is CN(C)CN1C=C(c2ccccc2)OC1. The van der Waals surface area contributed by atoms with Gasteiger partial charge in [-0.25, -0.2) is 0 Å². The Balaban J connectivity index is 2.07. The van der Waals surface area contributed by atoms with E-state index in [4.69, 9.17) is 4.74 Å². The quantitative estimate of drug-likeness (QED) is 0.746. The third kappa shape index (κ3) is 2.50. The summed E-state index contributed by atoms with van der Waals surface area (Å²) in [4.78, 5) is 4.26. The molecule has 0 bridgehead atoms. The Morgan fingerprint density at radius 2 is 2.00 bits per heavy atom. The van der Waals surface area contributed by atoms with E-state index in [-0.39, 0.29) is 0 Å². The predicted molar refractivity (Wildman–Crippen MR) is 60.8 cm³/mol. The topological polar surface area (TPSA) is 15.7 Å². The van der Waals surface area contributed by atoms with E-state index in [0.717, 1.165) is 18.0 Å². The van der Waals surface area contributed by atoms with Gasteiger partial charge in [0.2, 0.25) is 0 Å². The largest absolute Gasteiger partial charge is 0.471 e. The zero-order valence-corrected chi connectivity index (χ0v) is 9.18. The van der Waals surface area contributed by atoms with E-state index in [1.807, 2.05) is 32.3 Å². The minimum atomic E-state index is 0.641. The van der Waals surface area contributed by atoms with Crippen molar-refractivity contribution in [3.63, 3.8) is 0 Å². The van der Waals surface area contributed by atoms with Crippen molar-refractivity contribution in [3.05, 3.63) is 42.1 Å². The van der Waals surface area contributed by atoms with Crippen molar-refractivity contribution in [2.24, 2.45) is 0 Å². The summed E-state index contributed by atoms with van der Waals surface area (Å²) in [6, 6.07) is 10.2. The highest BCUT2D eigenvalue weighted by molar-refractivity contribution is 5.60. The molecule has 1 aliphatic rings. The Morgan fingerprint density at radius 1 is 1.27 bits per heavy atom. The highest BCUT2D eigenvalue weighted by atomic mass is 16.5. The van der Waals surface area contributed by atoms with Crippen LogP contribution in [0, 0.1) is 0 Å². The minimum absolute atomic E-state index is 0.641. The molecule has 0 unspecified atom stereocenters. The van der Waals surface area contributed by atoms with Crippen molar-refractivity contribution in [2.75, 3.05) is 27.5 Å². The van der Waals surface area contributed by atoms with Crippen molar-refractivity contribution in [1.82, 2.24) is 9.80 Å². The van der Waals surface area contributed by atoms with Crippen LogP contribution in [0.1, 0.15) is 5.56 Å². The molecule has 3 nitrogen and oxygen atoms in total. The van der Waals surface area contributed by atoms with Crippen LogP contribution >= 0.6 is 0 Å². The number of ether oxygens (including phenoxy) is 1. The summed E-state index contributed by atoms with van der Waals surface area (Å²) < 4.78 is 5.61. The van der Waals surface area contributed by atoms with Gasteiger partial charge in [0.1, 0.15) is 5.76 Å². The lowest BCUT2D eigenvalue weighted by Crippen LogP contribution is -2.28. The van der Waals surface area contributed by atoms with Gasteiger partial charge in [0, 0.05) is 11.8 Å². The van der Waals surface area contributed by atoms with Gasteiger partial charge in [-0.05, 0) is 14.1 Å². The molecule has 2 rings (SSSR count). The van der Waals surface area contributed by atoms with Crippen LogP contribution in [0.25, 0.3) is 5.76 Å². The normalized spacial score (nSPS) is 15.4. The van der Waals surface area contributed by atoms with E-state index in [0.29, 0.717) is 6.73 Å². The van der Waals surface area contributed by atoms with Crippen molar-refractivity contribution in [1.29, 1.82) is 0 Å². The van der Waals surface area contributed by atoms with Gasteiger partial charge in [0.05, 0.1) is 6.67 Å². The minimum Gasteiger partial charge on any atom is -0.471 e. The van der Waals surface area contributed by atoms with E-state index in [1.54, 1.807) is 0 Å². The predicted octanol–water partition coefficient (Wildman–Crippen LogP) is 1.79. The first kappa shape index (κ1) is 10.1. The number of nitrogens with zero attached hydrogens (tertiary/aromatic N) is 2. The second-order valence-corrected chi connectivity index (χ2v) is 3.94. The molecule has 0 atom stereocenters. The summed E-state index contributed by atoms with van der Waals surface area (Å²) in [5.41, 5.74) is 1.14. The van der Waals surface area contributed by atoms with Gasteiger partial charge in [-0.1, -0.05) is 30.3 Å². The molecule has 0 saturated heterocycles. The highest BCUT2D eigenvalue weighted by Gasteiger charge is 2.14. The van der Waals surface area contributed by atoms with Crippen LogP contribution in [0.15, 0.2) is 36.5 Å². The Kier molecular flexibility index (Phi) is 2.92.